The molecule has 94 valence electrons. The third kappa shape index (κ3) is 2.23. The number of aromatic nitrogens is 3. The van der Waals surface area contributed by atoms with E-state index in [1.807, 2.05) is 18.2 Å². The summed E-state index contributed by atoms with van der Waals surface area (Å²) in [5.74, 6) is -0.235. The fourth-order valence-corrected chi connectivity index (χ4v) is 1.70. The number of carbonyl (C=O) groups excluding carboxylic acids is 1. The zero-order chi connectivity index (χ0) is 13.1. The van der Waals surface area contributed by atoms with Gasteiger partial charge in [-0.05, 0) is 18.2 Å². The largest absolute Gasteiger partial charge is 0.472 e. The van der Waals surface area contributed by atoms with Crippen molar-refractivity contribution in [2.45, 2.75) is 0 Å². The van der Waals surface area contributed by atoms with Gasteiger partial charge in [-0.15, -0.1) is 0 Å². The van der Waals surface area contributed by atoms with Gasteiger partial charge < -0.3 is 9.73 Å². The Hall–Kier alpha value is -2.89. The summed E-state index contributed by atoms with van der Waals surface area (Å²) in [5, 5.41) is 6.87. The van der Waals surface area contributed by atoms with E-state index in [0.29, 0.717) is 11.3 Å². The lowest BCUT2D eigenvalue weighted by Gasteiger charge is -2.09. The predicted molar refractivity (Wildman–Crippen MR) is 68.0 cm³/mol. The molecule has 2 aromatic heterocycles. The fraction of sp³-hybridized carbons (Fsp3) is 0. The molecule has 0 fully saturated rings. The number of benzene rings is 1. The molecule has 0 saturated heterocycles. The van der Waals surface area contributed by atoms with Crippen molar-refractivity contribution in [1.29, 1.82) is 0 Å². The molecule has 0 radical (unpaired) electrons. The standard InChI is InChI=1S/C13H10N4O2/c18-13(10-5-6-19-7-10)16-11-3-1-2-4-12(11)17-9-14-8-15-17/h1-9H,(H,16,18). The summed E-state index contributed by atoms with van der Waals surface area (Å²) in [5.41, 5.74) is 1.87. The first kappa shape index (κ1) is 11.2. The van der Waals surface area contributed by atoms with Crippen LogP contribution in [0.1, 0.15) is 10.4 Å². The van der Waals surface area contributed by atoms with Gasteiger partial charge in [-0.25, -0.2) is 9.67 Å². The van der Waals surface area contributed by atoms with E-state index < -0.39 is 0 Å². The Labute approximate surface area is 108 Å². The summed E-state index contributed by atoms with van der Waals surface area (Å²) >= 11 is 0. The fourth-order valence-electron chi connectivity index (χ4n) is 1.70. The van der Waals surface area contributed by atoms with Crippen LogP contribution in [0.15, 0.2) is 59.9 Å². The van der Waals surface area contributed by atoms with Crippen molar-refractivity contribution in [2.75, 3.05) is 5.32 Å². The Morgan fingerprint density at radius 1 is 1.26 bits per heavy atom. The Morgan fingerprint density at radius 3 is 2.89 bits per heavy atom. The van der Waals surface area contributed by atoms with E-state index >= 15 is 0 Å². The van der Waals surface area contributed by atoms with Crippen molar-refractivity contribution in [2.24, 2.45) is 0 Å². The van der Waals surface area contributed by atoms with Crippen LogP contribution in [0.4, 0.5) is 5.69 Å². The van der Waals surface area contributed by atoms with Crippen molar-refractivity contribution in [3.63, 3.8) is 0 Å². The van der Waals surface area contributed by atoms with E-state index in [4.69, 9.17) is 4.42 Å². The van der Waals surface area contributed by atoms with Crippen LogP contribution in [0.3, 0.4) is 0 Å². The highest BCUT2D eigenvalue weighted by molar-refractivity contribution is 6.05. The first-order valence-electron chi connectivity index (χ1n) is 5.62. The number of para-hydroxylation sites is 2. The Kier molecular flexibility index (Phi) is 2.82. The molecule has 0 bridgehead atoms. The van der Waals surface area contributed by atoms with Crippen LogP contribution in [0.5, 0.6) is 0 Å². The van der Waals surface area contributed by atoms with Gasteiger partial charge >= 0.3 is 0 Å². The summed E-state index contributed by atoms with van der Waals surface area (Å²) in [6.45, 7) is 0. The van der Waals surface area contributed by atoms with Crippen molar-refractivity contribution in [3.05, 3.63) is 61.1 Å². The molecule has 19 heavy (non-hydrogen) atoms. The number of carbonyl (C=O) groups is 1. The monoisotopic (exact) mass is 254 g/mol. The topological polar surface area (TPSA) is 73.0 Å². The van der Waals surface area contributed by atoms with E-state index in [1.165, 1.54) is 18.9 Å². The molecule has 0 spiro atoms. The minimum atomic E-state index is -0.235. The van der Waals surface area contributed by atoms with Gasteiger partial charge in [-0.3, -0.25) is 4.79 Å². The highest BCUT2D eigenvalue weighted by Gasteiger charge is 2.11. The Bertz CT molecular complexity index is 675. The van der Waals surface area contributed by atoms with Gasteiger partial charge in [0, 0.05) is 0 Å². The lowest BCUT2D eigenvalue weighted by molar-refractivity contribution is 0.102. The zero-order valence-corrected chi connectivity index (χ0v) is 9.85. The maximum Gasteiger partial charge on any atom is 0.258 e. The Balaban J connectivity index is 1.92. The molecule has 3 aromatic rings. The number of anilines is 1. The molecule has 0 aliphatic heterocycles. The molecule has 0 atom stereocenters. The van der Waals surface area contributed by atoms with Crippen molar-refractivity contribution in [3.8, 4) is 5.69 Å². The summed E-state index contributed by atoms with van der Waals surface area (Å²) in [4.78, 5) is 15.9. The van der Waals surface area contributed by atoms with Gasteiger partial charge in [-0.1, -0.05) is 12.1 Å². The van der Waals surface area contributed by atoms with Crippen LogP contribution in [0.25, 0.3) is 5.69 Å². The SMILES string of the molecule is O=C(Nc1ccccc1-n1cncn1)c1ccoc1. The molecule has 1 aromatic carbocycles. The second kappa shape index (κ2) is 4.77. The maximum absolute atomic E-state index is 12.0. The van der Waals surface area contributed by atoms with Crippen molar-refractivity contribution in [1.82, 2.24) is 14.8 Å². The molecule has 6 heteroatoms. The van der Waals surface area contributed by atoms with Gasteiger partial charge in [0.05, 0.1) is 23.2 Å². The van der Waals surface area contributed by atoms with Crippen LogP contribution in [0, 0.1) is 0 Å². The molecular weight excluding hydrogens is 244 g/mol. The van der Waals surface area contributed by atoms with Crippen LogP contribution < -0.4 is 5.32 Å². The van der Waals surface area contributed by atoms with Crippen LogP contribution in [-0.4, -0.2) is 20.7 Å². The number of furan rings is 1. The molecule has 2 heterocycles. The molecule has 0 unspecified atom stereocenters. The predicted octanol–water partition coefficient (Wildman–Crippen LogP) is 2.11. The van der Waals surface area contributed by atoms with Crippen molar-refractivity contribution < 1.29 is 9.21 Å². The number of hydrogen-bond donors (Lipinski definition) is 1. The third-order valence-corrected chi connectivity index (χ3v) is 2.60. The first-order chi connectivity index (χ1) is 9.34. The highest BCUT2D eigenvalue weighted by Crippen LogP contribution is 2.19. The van der Waals surface area contributed by atoms with Gasteiger partial charge in [0.15, 0.2) is 0 Å². The molecule has 1 amide bonds. The number of hydrogen-bond acceptors (Lipinski definition) is 4. The molecule has 0 aliphatic carbocycles. The van der Waals surface area contributed by atoms with Gasteiger partial charge in [0.1, 0.15) is 18.9 Å². The second-order valence-electron chi connectivity index (χ2n) is 3.82. The van der Waals surface area contributed by atoms with Gasteiger partial charge in [-0.2, -0.15) is 5.10 Å². The number of nitrogens with one attached hydrogen (secondary N) is 1. The molecular formula is C13H10N4O2. The van der Waals surface area contributed by atoms with Crippen LogP contribution in [0.2, 0.25) is 0 Å². The smallest absolute Gasteiger partial charge is 0.258 e. The molecule has 6 nitrogen and oxygen atoms in total. The van der Waals surface area contributed by atoms with Crippen molar-refractivity contribution >= 4 is 11.6 Å². The number of rotatable bonds is 3. The van der Waals surface area contributed by atoms with Crippen LogP contribution in [-0.2, 0) is 0 Å². The number of nitrogens with zero attached hydrogens (tertiary/aromatic N) is 3. The molecule has 1 N–H and O–H groups in total. The van der Waals surface area contributed by atoms with Gasteiger partial charge in [0.2, 0.25) is 0 Å². The molecule has 3 rings (SSSR count). The third-order valence-electron chi connectivity index (χ3n) is 2.60. The van der Waals surface area contributed by atoms with Crippen LogP contribution >= 0.6 is 0 Å². The summed E-state index contributed by atoms with van der Waals surface area (Å²) in [7, 11) is 0. The minimum absolute atomic E-state index is 0.235. The van der Waals surface area contributed by atoms with E-state index in [-0.39, 0.29) is 5.91 Å². The quantitative estimate of drug-likeness (QED) is 0.776. The average Bonchev–Trinajstić information content (AvgIpc) is 3.13. The van der Waals surface area contributed by atoms with Gasteiger partial charge in [0.25, 0.3) is 5.91 Å². The summed E-state index contributed by atoms with van der Waals surface area (Å²) < 4.78 is 6.48. The van der Waals surface area contributed by atoms with E-state index in [1.54, 1.807) is 23.1 Å². The van der Waals surface area contributed by atoms with E-state index in [2.05, 4.69) is 15.4 Å². The normalized spacial score (nSPS) is 10.3. The first-order valence-corrected chi connectivity index (χ1v) is 5.62. The minimum Gasteiger partial charge on any atom is -0.472 e. The zero-order valence-electron chi connectivity index (χ0n) is 9.85. The lowest BCUT2D eigenvalue weighted by Crippen LogP contribution is -2.13. The highest BCUT2D eigenvalue weighted by atomic mass is 16.3. The van der Waals surface area contributed by atoms with E-state index in [0.717, 1.165) is 5.69 Å². The Morgan fingerprint density at radius 2 is 2.16 bits per heavy atom. The van der Waals surface area contributed by atoms with E-state index in [9.17, 15) is 4.79 Å². The summed E-state index contributed by atoms with van der Waals surface area (Å²) in [6.07, 6.45) is 5.86. The maximum atomic E-state index is 12.0. The molecule has 0 saturated carbocycles. The second-order valence-corrected chi connectivity index (χ2v) is 3.82. The summed E-state index contributed by atoms with van der Waals surface area (Å²) in [6, 6.07) is 8.96. The molecule has 0 aliphatic rings. The lowest BCUT2D eigenvalue weighted by atomic mass is 10.2. The average molecular weight is 254 g/mol. The number of amides is 1.